The van der Waals surface area contributed by atoms with Gasteiger partial charge in [-0.05, 0) is 40.8 Å². The lowest BCUT2D eigenvalue weighted by atomic mass is 9.98. The van der Waals surface area contributed by atoms with Gasteiger partial charge in [0, 0.05) is 33.0 Å². The third kappa shape index (κ3) is 4.54. The Morgan fingerprint density at radius 2 is 0.894 bits per heavy atom. The highest BCUT2D eigenvalue weighted by Crippen LogP contribution is 2.36. The van der Waals surface area contributed by atoms with Gasteiger partial charge in [-0.15, -0.1) is 0 Å². The van der Waals surface area contributed by atoms with Crippen LogP contribution in [-0.2, 0) is 0 Å². The maximum Gasteiger partial charge on any atom is 0.264 e. The highest BCUT2D eigenvalue weighted by Gasteiger charge is 2.20. The number of hydrogen-bond donors (Lipinski definition) is 0. The number of aromatic nitrogens is 5. The van der Waals surface area contributed by atoms with E-state index < -0.39 is 0 Å². The SMILES string of the molecule is O=c1c2ccccc2c2cc(-c3cccc(-c4nc(-c5ccccc5)nc(-c5ccccc5)n4)c3)cc3nc(-c4ccccc4)n1c32. The summed E-state index contributed by atoms with van der Waals surface area (Å²) in [6.07, 6.45) is 0. The van der Waals surface area contributed by atoms with Crippen molar-refractivity contribution in [3.63, 3.8) is 0 Å². The van der Waals surface area contributed by atoms with Crippen LogP contribution in [-0.4, -0.2) is 24.3 Å². The van der Waals surface area contributed by atoms with Crippen LogP contribution in [0.25, 0.3) is 83.9 Å². The summed E-state index contributed by atoms with van der Waals surface area (Å²) in [5.41, 5.74) is 7.12. The molecule has 0 aliphatic heterocycles. The zero-order valence-corrected chi connectivity index (χ0v) is 25.1. The van der Waals surface area contributed by atoms with E-state index in [1.54, 1.807) is 4.40 Å². The molecule has 0 aliphatic rings. The van der Waals surface area contributed by atoms with Gasteiger partial charge >= 0.3 is 0 Å². The monoisotopic (exact) mass is 603 g/mol. The molecule has 0 radical (unpaired) electrons. The van der Waals surface area contributed by atoms with Gasteiger partial charge in [0.2, 0.25) is 0 Å². The lowest BCUT2D eigenvalue weighted by Crippen LogP contribution is -2.14. The first-order valence-corrected chi connectivity index (χ1v) is 15.4. The molecule has 220 valence electrons. The molecule has 9 aromatic rings. The number of hydrogen-bond acceptors (Lipinski definition) is 5. The molecule has 47 heavy (non-hydrogen) atoms. The van der Waals surface area contributed by atoms with E-state index in [1.807, 2.05) is 127 Å². The molecule has 0 N–H and O–H groups in total. The first-order valence-electron chi connectivity index (χ1n) is 15.4. The van der Waals surface area contributed by atoms with Crippen LogP contribution >= 0.6 is 0 Å². The molecule has 0 spiro atoms. The van der Waals surface area contributed by atoms with E-state index in [4.69, 9.17) is 19.9 Å². The molecule has 6 heteroatoms. The quantitative estimate of drug-likeness (QED) is 0.184. The molecule has 6 aromatic carbocycles. The molecule has 0 saturated carbocycles. The smallest absolute Gasteiger partial charge is 0.264 e. The molecule has 3 heterocycles. The highest BCUT2D eigenvalue weighted by molar-refractivity contribution is 6.13. The second-order valence-electron chi connectivity index (χ2n) is 11.5. The van der Waals surface area contributed by atoms with E-state index in [0.717, 1.165) is 55.2 Å². The summed E-state index contributed by atoms with van der Waals surface area (Å²) >= 11 is 0. The highest BCUT2D eigenvalue weighted by atomic mass is 16.1. The van der Waals surface area contributed by atoms with Crippen LogP contribution in [0, 0.1) is 0 Å². The Hall–Kier alpha value is -6.53. The van der Waals surface area contributed by atoms with E-state index in [0.29, 0.717) is 28.7 Å². The van der Waals surface area contributed by atoms with Gasteiger partial charge in [0.1, 0.15) is 5.82 Å². The largest absolute Gasteiger partial charge is 0.268 e. The van der Waals surface area contributed by atoms with Gasteiger partial charge in [-0.25, -0.2) is 19.9 Å². The molecule has 0 fully saturated rings. The number of pyridine rings is 1. The van der Waals surface area contributed by atoms with Crippen molar-refractivity contribution >= 4 is 27.2 Å². The second-order valence-corrected chi connectivity index (χ2v) is 11.5. The number of nitrogens with zero attached hydrogens (tertiary/aromatic N) is 5. The predicted octanol–water partition coefficient (Wildman–Crippen LogP) is 8.96. The Morgan fingerprint density at radius 1 is 0.383 bits per heavy atom. The molecule has 0 aliphatic carbocycles. The molecular weight excluding hydrogens is 578 g/mol. The first-order chi connectivity index (χ1) is 23.2. The average Bonchev–Trinajstić information content (AvgIpc) is 3.55. The molecule has 0 unspecified atom stereocenters. The number of imidazole rings is 1. The van der Waals surface area contributed by atoms with E-state index in [9.17, 15) is 4.79 Å². The predicted molar refractivity (Wildman–Crippen MR) is 188 cm³/mol. The van der Waals surface area contributed by atoms with Crippen molar-refractivity contribution < 1.29 is 0 Å². The fourth-order valence-electron chi connectivity index (χ4n) is 6.36. The van der Waals surface area contributed by atoms with Crippen molar-refractivity contribution in [1.29, 1.82) is 0 Å². The molecular formula is C41H25N5O. The minimum atomic E-state index is -0.0672. The maximum atomic E-state index is 13.9. The minimum Gasteiger partial charge on any atom is -0.268 e. The number of fused-ring (bicyclic) bond motifs is 2. The third-order valence-corrected chi connectivity index (χ3v) is 8.59. The maximum absolute atomic E-state index is 13.9. The summed E-state index contributed by atoms with van der Waals surface area (Å²) in [6.45, 7) is 0. The van der Waals surface area contributed by atoms with Crippen LogP contribution in [0.5, 0.6) is 0 Å². The molecule has 0 saturated heterocycles. The summed E-state index contributed by atoms with van der Waals surface area (Å²) in [5.74, 6) is 2.46. The first kappa shape index (κ1) is 26.8. The zero-order valence-electron chi connectivity index (χ0n) is 25.1. The summed E-state index contributed by atoms with van der Waals surface area (Å²) in [7, 11) is 0. The summed E-state index contributed by atoms with van der Waals surface area (Å²) in [6, 6.07) is 50.1. The van der Waals surface area contributed by atoms with Crippen molar-refractivity contribution in [1.82, 2.24) is 24.3 Å². The van der Waals surface area contributed by atoms with Crippen molar-refractivity contribution in [2.75, 3.05) is 0 Å². The van der Waals surface area contributed by atoms with E-state index >= 15 is 0 Å². The normalized spacial score (nSPS) is 11.5. The topological polar surface area (TPSA) is 73.0 Å². The van der Waals surface area contributed by atoms with Crippen molar-refractivity contribution in [3.05, 3.63) is 162 Å². The fraction of sp³-hybridized carbons (Fsp3) is 0. The third-order valence-electron chi connectivity index (χ3n) is 8.59. The Balaban J connectivity index is 1.25. The molecule has 0 bridgehead atoms. The number of rotatable bonds is 5. The van der Waals surface area contributed by atoms with Crippen LogP contribution in [0.4, 0.5) is 0 Å². The van der Waals surface area contributed by atoms with Gasteiger partial charge in [-0.1, -0.05) is 127 Å². The summed E-state index contributed by atoms with van der Waals surface area (Å²) in [5, 5.41) is 2.55. The summed E-state index contributed by atoms with van der Waals surface area (Å²) < 4.78 is 1.77. The Labute approximate surface area is 269 Å². The lowest BCUT2D eigenvalue weighted by molar-refractivity contribution is 1.07. The Morgan fingerprint density at radius 3 is 1.53 bits per heavy atom. The van der Waals surface area contributed by atoms with Crippen LogP contribution in [0.3, 0.4) is 0 Å². The number of benzene rings is 6. The van der Waals surface area contributed by atoms with Gasteiger partial charge in [0.15, 0.2) is 17.5 Å². The lowest BCUT2D eigenvalue weighted by Gasteiger charge is -2.11. The van der Waals surface area contributed by atoms with Crippen LogP contribution in [0.1, 0.15) is 0 Å². The average molecular weight is 604 g/mol. The van der Waals surface area contributed by atoms with Gasteiger partial charge in [-0.3, -0.25) is 9.20 Å². The zero-order chi connectivity index (χ0) is 31.3. The van der Waals surface area contributed by atoms with E-state index in [1.165, 1.54) is 0 Å². The fourth-order valence-corrected chi connectivity index (χ4v) is 6.36. The van der Waals surface area contributed by atoms with Crippen molar-refractivity contribution in [2.24, 2.45) is 0 Å². The van der Waals surface area contributed by atoms with Crippen LogP contribution in [0.2, 0.25) is 0 Å². The van der Waals surface area contributed by atoms with Gasteiger partial charge in [0.25, 0.3) is 5.56 Å². The molecule has 0 amide bonds. The van der Waals surface area contributed by atoms with Crippen molar-refractivity contribution in [3.8, 4) is 56.7 Å². The van der Waals surface area contributed by atoms with Gasteiger partial charge < -0.3 is 0 Å². The second kappa shape index (κ2) is 10.8. The standard InChI is InChI=1S/C41H25N5O/c47-41-33-22-11-10-21-32(33)34-24-31(25-35-36(34)46(41)40(42-35)28-17-8-3-9-18-28)29-19-12-20-30(23-29)39-44-37(26-13-4-1-5-14-26)43-38(45-39)27-15-6-2-7-16-27/h1-25H. The van der Waals surface area contributed by atoms with Gasteiger partial charge in [0.05, 0.1) is 11.0 Å². The molecule has 6 nitrogen and oxygen atoms in total. The summed E-state index contributed by atoms with van der Waals surface area (Å²) in [4.78, 5) is 33.6. The Kier molecular flexibility index (Phi) is 6.18. The van der Waals surface area contributed by atoms with Gasteiger partial charge in [-0.2, -0.15) is 0 Å². The van der Waals surface area contributed by atoms with E-state index in [2.05, 4.69) is 24.3 Å². The molecule has 3 aromatic heterocycles. The van der Waals surface area contributed by atoms with Crippen molar-refractivity contribution in [2.45, 2.75) is 0 Å². The molecule has 9 rings (SSSR count). The Bertz CT molecular complexity index is 2580. The minimum absolute atomic E-state index is 0.0672. The van der Waals surface area contributed by atoms with Crippen LogP contribution in [0.15, 0.2) is 156 Å². The van der Waals surface area contributed by atoms with Crippen LogP contribution < -0.4 is 5.56 Å². The molecule has 0 atom stereocenters. The van der Waals surface area contributed by atoms with E-state index in [-0.39, 0.29) is 5.56 Å².